The van der Waals surface area contributed by atoms with Gasteiger partial charge in [0.2, 0.25) is 0 Å². The van der Waals surface area contributed by atoms with E-state index in [9.17, 15) is 0 Å². The number of anilines is 4. The van der Waals surface area contributed by atoms with Gasteiger partial charge in [0, 0.05) is 12.2 Å². The second-order valence-corrected chi connectivity index (χ2v) is 8.95. The van der Waals surface area contributed by atoms with Crippen LogP contribution in [0.3, 0.4) is 0 Å². The van der Waals surface area contributed by atoms with Gasteiger partial charge in [0.25, 0.3) is 0 Å². The van der Waals surface area contributed by atoms with Gasteiger partial charge >= 0.3 is 0 Å². The van der Waals surface area contributed by atoms with Gasteiger partial charge in [-0.15, -0.1) is 0 Å². The summed E-state index contributed by atoms with van der Waals surface area (Å²) in [7, 11) is 0. The Hall–Kier alpha value is -2.30. The fraction of sp³-hybridized carbons (Fsp3) is 0.630. The van der Waals surface area contributed by atoms with Crippen molar-refractivity contribution in [3.8, 4) is 0 Å². The van der Waals surface area contributed by atoms with E-state index in [0.29, 0.717) is 17.3 Å². The molecule has 5 nitrogen and oxygen atoms in total. The number of benzene rings is 1. The van der Waals surface area contributed by atoms with Gasteiger partial charge in [-0.25, -0.2) is 9.97 Å². The maximum atomic E-state index is 6.29. The maximum absolute atomic E-state index is 6.29. The molecule has 0 bridgehead atoms. The van der Waals surface area contributed by atoms with E-state index in [-0.39, 0.29) is 0 Å². The van der Waals surface area contributed by atoms with Crippen molar-refractivity contribution in [1.82, 2.24) is 9.97 Å². The molecule has 1 aromatic carbocycles. The zero-order valence-electron chi connectivity index (χ0n) is 20.5. The first-order valence-electron chi connectivity index (χ1n) is 12.9. The number of hydrogen-bond donors (Lipinski definition) is 3. The Kier molecular flexibility index (Phi) is 13.3. The van der Waals surface area contributed by atoms with Crippen LogP contribution < -0.4 is 16.4 Å². The Morgan fingerprint density at radius 3 is 1.84 bits per heavy atom. The first-order valence-corrected chi connectivity index (χ1v) is 12.9. The summed E-state index contributed by atoms with van der Waals surface area (Å²) in [6, 6.07) is 8.11. The standard InChI is InChI=1S/C27H45N5/c1-3-4-5-6-7-8-9-10-11-12-13-14-15-18-21-29-26-25(28)27(31-22-30-26)32-24-20-17-16-19-23(24)2/h16-17,19-20,22H,3-15,18,21,28H2,1-2H3,(H2,29,30,31,32). The van der Waals surface area contributed by atoms with Crippen LogP contribution in [-0.4, -0.2) is 16.5 Å². The Morgan fingerprint density at radius 2 is 1.25 bits per heavy atom. The van der Waals surface area contributed by atoms with E-state index in [1.807, 2.05) is 18.2 Å². The predicted octanol–water partition coefficient (Wildman–Crippen LogP) is 8.00. The number of aryl methyl sites for hydroxylation is 1. The van der Waals surface area contributed by atoms with Crippen molar-refractivity contribution in [1.29, 1.82) is 0 Å². The molecule has 0 saturated carbocycles. The van der Waals surface area contributed by atoms with Gasteiger partial charge in [-0.1, -0.05) is 109 Å². The number of nitrogens with two attached hydrogens (primary N) is 1. The molecule has 0 spiro atoms. The molecule has 2 rings (SSSR count). The molecule has 1 heterocycles. The lowest BCUT2D eigenvalue weighted by Crippen LogP contribution is -2.09. The number of aromatic nitrogens is 2. The number of nitrogens with one attached hydrogen (secondary N) is 2. The lowest BCUT2D eigenvalue weighted by atomic mass is 10.0. The van der Waals surface area contributed by atoms with Gasteiger partial charge in [0.15, 0.2) is 11.6 Å². The van der Waals surface area contributed by atoms with Crippen molar-refractivity contribution in [2.24, 2.45) is 0 Å². The number of hydrogen-bond acceptors (Lipinski definition) is 5. The van der Waals surface area contributed by atoms with E-state index in [2.05, 4.69) is 40.5 Å². The second-order valence-electron chi connectivity index (χ2n) is 8.95. The maximum Gasteiger partial charge on any atom is 0.159 e. The van der Waals surface area contributed by atoms with Crippen LogP contribution in [-0.2, 0) is 0 Å². The number of para-hydroxylation sites is 1. The average Bonchev–Trinajstić information content (AvgIpc) is 2.80. The Labute approximate surface area is 196 Å². The van der Waals surface area contributed by atoms with E-state index >= 15 is 0 Å². The largest absolute Gasteiger partial charge is 0.393 e. The lowest BCUT2D eigenvalue weighted by Gasteiger charge is -2.13. The van der Waals surface area contributed by atoms with Crippen LogP contribution >= 0.6 is 0 Å². The fourth-order valence-corrected chi connectivity index (χ4v) is 4.00. The molecule has 0 unspecified atom stereocenters. The Morgan fingerprint density at radius 1 is 0.719 bits per heavy atom. The highest BCUT2D eigenvalue weighted by atomic mass is 15.1. The van der Waals surface area contributed by atoms with Gasteiger partial charge in [-0.3, -0.25) is 0 Å². The summed E-state index contributed by atoms with van der Waals surface area (Å²) in [6.07, 6.45) is 20.8. The van der Waals surface area contributed by atoms with Crippen LogP contribution in [0.5, 0.6) is 0 Å². The zero-order valence-corrected chi connectivity index (χ0v) is 20.5. The van der Waals surface area contributed by atoms with Crippen molar-refractivity contribution >= 4 is 23.0 Å². The SMILES string of the molecule is CCCCCCCCCCCCCCCCNc1ncnc(Nc2ccccc2C)c1N. The molecule has 0 amide bonds. The van der Waals surface area contributed by atoms with Gasteiger partial charge in [0.05, 0.1) is 0 Å². The minimum Gasteiger partial charge on any atom is -0.393 e. The summed E-state index contributed by atoms with van der Waals surface area (Å²) in [6.45, 7) is 5.24. The highest BCUT2D eigenvalue weighted by Gasteiger charge is 2.08. The van der Waals surface area contributed by atoms with Gasteiger partial charge in [0.1, 0.15) is 12.0 Å². The molecule has 0 saturated heterocycles. The summed E-state index contributed by atoms with van der Waals surface area (Å²) >= 11 is 0. The number of rotatable bonds is 18. The van der Waals surface area contributed by atoms with Crippen molar-refractivity contribution in [2.45, 2.75) is 104 Å². The Balaban J connectivity index is 1.51. The minimum absolute atomic E-state index is 0.570. The molecule has 0 aliphatic heterocycles. The molecule has 0 radical (unpaired) electrons. The summed E-state index contributed by atoms with van der Waals surface area (Å²) < 4.78 is 0. The molecular formula is C27H45N5. The fourth-order valence-electron chi connectivity index (χ4n) is 4.00. The number of nitrogen functional groups attached to an aromatic ring is 1. The van der Waals surface area contributed by atoms with Gasteiger partial charge < -0.3 is 16.4 Å². The van der Waals surface area contributed by atoms with Crippen LogP contribution in [0.4, 0.5) is 23.0 Å². The monoisotopic (exact) mass is 439 g/mol. The molecule has 5 heteroatoms. The molecule has 0 fully saturated rings. The Bertz CT molecular complexity index is 747. The molecule has 0 aliphatic rings. The van der Waals surface area contributed by atoms with Crippen molar-refractivity contribution in [3.63, 3.8) is 0 Å². The topological polar surface area (TPSA) is 75.9 Å². The van der Waals surface area contributed by atoms with Crippen LogP contribution in [0, 0.1) is 6.92 Å². The average molecular weight is 440 g/mol. The van der Waals surface area contributed by atoms with Crippen molar-refractivity contribution in [3.05, 3.63) is 36.2 Å². The molecule has 0 atom stereocenters. The second kappa shape index (κ2) is 16.3. The number of nitrogens with zero attached hydrogens (tertiary/aromatic N) is 2. The van der Waals surface area contributed by atoms with Gasteiger partial charge in [-0.05, 0) is 25.0 Å². The summed E-state index contributed by atoms with van der Waals surface area (Å²) in [5.74, 6) is 1.36. The zero-order chi connectivity index (χ0) is 22.9. The summed E-state index contributed by atoms with van der Waals surface area (Å²) in [4.78, 5) is 8.63. The predicted molar refractivity (Wildman–Crippen MR) is 140 cm³/mol. The minimum atomic E-state index is 0.570. The van der Waals surface area contributed by atoms with Crippen LogP contribution in [0.2, 0.25) is 0 Å². The molecule has 4 N–H and O–H groups in total. The van der Waals surface area contributed by atoms with E-state index < -0.39 is 0 Å². The third-order valence-corrected chi connectivity index (χ3v) is 6.10. The molecule has 32 heavy (non-hydrogen) atoms. The van der Waals surface area contributed by atoms with Crippen molar-refractivity contribution < 1.29 is 0 Å². The molecule has 1 aromatic heterocycles. The van der Waals surface area contributed by atoms with Gasteiger partial charge in [-0.2, -0.15) is 0 Å². The quantitative estimate of drug-likeness (QED) is 0.205. The first-order chi connectivity index (χ1) is 15.7. The van der Waals surface area contributed by atoms with Crippen LogP contribution in [0.1, 0.15) is 102 Å². The smallest absolute Gasteiger partial charge is 0.159 e. The van der Waals surface area contributed by atoms with E-state index in [1.165, 1.54) is 83.5 Å². The molecule has 0 aliphatic carbocycles. The summed E-state index contributed by atoms with van der Waals surface area (Å²) in [5.41, 5.74) is 9.03. The van der Waals surface area contributed by atoms with Crippen LogP contribution in [0.15, 0.2) is 30.6 Å². The molecular weight excluding hydrogens is 394 g/mol. The van der Waals surface area contributed by atoms with Crippen molar-refractivity contribution in [2.75, 3.05) is 22.9 Å². The molecule has 2 aromatic rings. The highest BCUT2D eigenvalue weighted by molar-refractivity contribution is 5.78. The molecule has 178 valence electrons. The third-order valence-electron chi connectivity index (χ3n) is 6.10. The summed E-state index contributed by atoms with van der Waals surface area (Å²) in [5, 5.41) is 6.70. The first kappa shape index (κ1) is 26.0. The van der Waals surface area contributed by atoms with E-state index in [0.717, 1.165) is 24.2 Å². The normalized spacial score (nSPS) is 10.9. The van der Waals surface area contributed by atoms with Crippen LogP contribution in [0.25, 0.3) is 0 Å². The highest BCUT2D eigenvalue weighted by Crippen LogP contribution is 2.27. The van der Waals surface area contributed by atoms with E-state index in [1.54, 1.807) is 6.33 Å². The number of unbranched alkanes of at least 4 members (excludes halogenated alkanes) is 13. The third kappa shape index (κ3) is 10.3. The lowest BCUT2D eigenvalue weighted by molar-refractivity contribution is 0.537. The van der Waals surface area contributed by atoms with E-state index in [4.69, 9.17) is 5.73 Å².